The predicted octanol–water partition coefficient (Wildman–Crippen LogP) is 4.07. The fourth-order valence-electron chi connectivity index (χ4n) is 2.97. The lowest BCUT2D eigenvalue weighted by Gasteiger charge is -2.09. The van der Waals surface area contributed by atoms with Gasteiger partial charge in [-0.1, -0.05) is 19.1 Å². The van der Waals surface area contributed by atoms with Crippen LogP contribution in [0.2, 0.25) is 0 Å². The van der Waals surface area contributed by atoms with Crippen molar-refractivity contribution in [2.75, 3.05) is 5.32 Å². The second-order valence-corrected chi connectivity index (χ2v) is 5.98. The molecule has 2 heterocycles. The van der Waals surface area contributed by atoms with Crippen LogP contribution in [0.15, 0.2) is 36.5 Å². The fraction of sp³-hybridized carbons (Fsp3) is 0.263. The standard InChI is InChI=1S/C19H21N3O/c1-5-16-17(22-8-6-7-14(4)18(22)21-16)19(23)20-15-10-12(2)9-13(3)11-15/h6-11H,5H2,1-4H3,(H,20,23). The first kappa shape index (κ1) is 15.3. The van der Waals surface area contributed by atoms with Crippen LogP contribution in [0.25, 0.3) is 5.65 Å². The number of benzene rings is 1. The molecule has 23 heavy (non-hydrogen) atoms. The van der Waals surface area contributed by atoms with E-state index in [1.807, 2.05) is 62.6 Å². The monoisotopic (exact) mass is 307 g/mol. The van der Waals surface area contributed by atoms with Crippen LogP contribution in [-0.2, 0) is 6.42 Å². The molecule has 4 nitrogen and oxygen atoms in total. The SMILES string of the molecule is CCc1nc2c(C)cccn2c1C(=O)Nc1cc(C)cc(C)c1. The van der Waals surface area contributed by atoms with Crippen LogP contribution in [0.1, 0.15) is 39.8 Å². The van der Waals surface area contributed by atoms with Gasteiger partial charge < -0.3 is 5.32 Å². The van der Waals surface area contributed by atoms with Crippen LogP contribution >= 0.6 is 0 Å². The third kappa shape index (κ3) is 2.84. The third-order valence-electron chi connectivity index (χ3n) is 3.95. The second-order valence-electron chi connectivity index (χ2n) is 5.98. The minimum atomic E-state index is -0.120. The van der Waals surface area contributed by atoms with Crippen LogP contribution in [0.4, 0.5) is 5.69 Å². The Labute approximate surface area is 136 Å². The molecule has 1 N–H and O–H groups in total. The maximum atomic E-state index is 12.8. The molecule has 0 saturated heterocycles. The van der Waals surface area contributed by atoms with E-state index in [1.54, 1.807) is 0 Å². The summed E-state index contributed by atoms with van der Waals surface area (Å²) in [7, 11) is 0. The number of hydrogen-bond acceptors (Lipinski definition) is 2. The molecular weight excluding hydrogens is 286 g/mol. The Morgan fingerprint density at radius 3 is 2.52 bits per heavy atom. The molecule has 0 bridgehead atoms. The highest BCUT2D eigenvalue weighted by Gasteiger charge is 2.19. The molecule has 0 aliphatic rings. The molecule has 0 fully saturated rings. The van der Waals surface area contributed by atoms with E-state index < -0.39 is 0 Å². The number of aromatic nitrogens is 2. The molecule has 0 atom stereocenters. The van der Waals surface area contributed by atoms with Crippen molar-refractivity contribution in [3.05, 3.63) is 64.6 Å². The van der Waals surface area contributed by atoms with Gasteiger partial charge in [0.15, 0.2) is 0 Å². The first-order chi connectivity index (χ1) is 11.0. The van der Waals surface area contributed by atoms with Crippen LogP contribution in [-0.4, -0.2) is 15.3 Å². The van der Waals surface area contributed by atoms with Gasteiger partial charge in [-0.2, -0.15) is 0 Å². The van der Waals surface area contributed by atoms with Crippen molar-refractivity contribution in [1.29, 1.82) is 0 Å². The van der Waals surface area contributed by atoms with E-state index >= 15 is 0 Å². The maximum absolute atomic E-state index is 12.8. The number of fused-ring (bicyclic) bond motifs is 1. The number of imidazole rings is 1. The molecule has 0 unspecified atom stereocenters. The summed E-state index contributed by atoms with van der Waals surface area (Å²) in [6.45, 7) is 8.08. The Bertz CT molecular complexity index is 873. The number of rotatable bonds is 3. The molecule has 1 amide bonds. The van der Waals surface area contributed by atoms with Crippen molar-refractivity contribution in [2.45, 2.75) is 34.1 Å². The van der Waals surface area contributed by atoms with E-state index in [0.29, 0.717) is 5.69 Å². The molecule has 0 radical (unpaired) electrons. The van der Waals surface area contributed by atoms with Crippen molar-refractivity contribution in [3.8, 4) is 0 Å². The van der Waals surface area contributed by atoms with E-state index in [9.17, 15) is 4.79 Å². The van der Waals surface area contributed by atoms with Gasteiger partial charge in [-0.3, -0.25) is 9.20 Å². The summed E-state index contributed by atoms with van der Waals surface area (Å²) >= 11 is 0. The van der Waals surface area contributed by atoms with Gasteiger partial charge in [0.2, 0.25) is 0 Å². The summed E-state index contributed by atoms with van der Waals surface area (Å²) in [6, 6.07) is 9.99. The molecule has 0 aliphatic heterocycles. The zero-order valence-corrected chi connectivity index (χ0v) is 14.0. The Hall–Kier alpha value is -2.62. The van der Waals surface area contributed by atoms with Gasteiger partial charge in [-0.15, -0.1) is 0 Å². The number of carbonyl (C=O) groups excluding carboxylic acids is 1. The van der Waals surface area contributed by atoms with Crippen molar-refractivity contribution in [1.82, 2.24) is 9.38 Å². The number of aryl methyl sites for hydroxylation is 4. The number of anilines is 1. The average Bonchev–Trinajstić information content (AvgIpc) is 2.86. The average molecular weight is 307 g/mol. The zero-order valence-electron chi connectivity index (χ0n) is 14.0. The Kier molecular flexibility index (Phi) is 3.90. The number of nitrogens with one attached hydrogen (secondary N) is 1. The second kappa shape index (κ2) is 5.88. The molecule has 0 spiro atoms. The fourth-order valence-corrected chi connectivity index (χ4v) is 2.97. The van der Waals surface area contributed by atoms with Crippen molar-refractivity contribution >= 4 is 17.2 Å². The van der Waals surface area contributed by atoms with E-state index in [0.717, 1.165) is 40.1 Å². The summed E-state index contributed by atoms with van der Waals surface area (Å²) < 4.78 is 1.88. The molecular formula is C19H21N3O. The Morgan fingerprint density at radius 2 is 1.87 bits per heavy atom. The third-order valence-corrected chi connectivity index (χ3v) is 3.95. The van der Waals surface area contributed by atoms with Crippen molar-refractivity contribution < 1.29 is 4.79 Å². The molecule has 3 aromatic rings. The van der Waals surface area contributed by atoms with Gasteiger partial charge in [0.1, 0.15) is 11.3 Å². The van der Waals surface area contributed by atoms with Gasteiger partial charge in [0.25, 0.3) is 5.91 Å². The number of hydrogen-bond donors (Lipinski definition) is 1. The van der Waals surface area contributed by atoms with Gasteiger partial charge in [-0.05, 0) is 62.1 Å². The quantitative estimate of drug-likeness (QED) is 0.792. The topological polar surface area (TPSA) is 46.4 Å². The zero-order chi connectivity index (χ0) is 16.6. The number of nitrogens with zero attached hydrogens (tertiary/aromatic N) is 2. The smallest absolute Gasteiger partial charge is 0.274 e. The van der Waals surface area contributed by atoms with Gasteiger partial charge in [0.05, 0.1) is 5.69 Å². The number of carbonyl (C=O) groups is 1. The molecule has 2 aromatic heterocycles. The molecule has 0 aliphatic carbocycles. The minimum absolute atomic E-state index is 0.120. The molecule has 1 aromatic carbocycles. The van der Waals surface area contributed by atoms with Crippen LogP contribution in [0, 0.1) is 20.8 Å². The summed E-state index contributed by atoms with van der Waals surface area (Å²) in [5.41, 5.74) is 6.42. The van der Waals surface area contributed by atoms with Crippen LogP contribution in [0.5, 0.6) is 0 Å². The van der Waals surface area contributed by atoms with Crippen molar-refractivity contribution in [2.24, 2.45) is 0 Å². The predicted molar refractivity (Wildman–Crippen MR) is 93.2 cm³/mol. The first-order valence-electron chi connectivity index (χ1n) is 7.85. The lowest BCUT2D eigenvalue weighted by atomic mass is 10.1. The van der Waals surface area contributed by atoms with E-state index in [1.165, 1.54) is 0 Å². The van der Waals surface area contributed by atoms with Gasteiger partial charge >= 0.3 is 0 Å². The van der Waals surface area contributed by atoms with Crippen LogP contribution < -0.4 is 5.32 Å². The largest absolute Gasteiger partial charge is 0.321 e. The minimum Gasteiger partial charge on any atom is -0.321 e. The van der Waals surface area contributed by atoms with Crippen LogP contribution in [0.3, 0.4) is 0 Å². The number of amides is 1. The molecule has 118 valence electrons. The highest BCUT2D eigenvalue weighted by molar-refractivity contribution is 6.04. The summed E-state index contributed by atoms with van der Waals surface area (Å²) in [5.74, 6) is -0.120. The van der Waals surface area contributed by atoms with Gasteiger partial charge in [-0.25, -0.2) is 4.98 Å². The van der Waals surface area contributed by atoms with Gasteiger partial charge in [0, 0.05) is 11.9 Å². The lowest BCUT2D eigenvalue weighted by molar-refractivity contribution is 0.102. The van der Waals surface area contributed by atoms with E-state index in [4.69, 9.17) is 0 Å². The highest BCUT2D eigenvalue weighted by atomic mass is 16.2. The van der Waals surface area contributed by atoms with E-state index in [-0.39, 0.29) is 5.91 Å². The number of pyridine rings is 1. The molecule has 4 heteroatoms. The summed E-state index contributed by atoms with van der Waals surface area (Å²) in [6.07, 6.45) is 2.61. The van der Waals surface area contributed by atoms with E-state index in [2.05, 4.69) is 16.4 Å². The highest BCUT2D eigenvalue weighted by Crippen LogP contribution is 2.19. The van der Waals surface area contributed by atoms with Crippen molar-refractivity contribution in [3.63, 3.8) is 0 Å². The summed E-state index contributed by atoms with van der Waals surface area (Å²) in [5, 5.41) is 3.01. The first-order valence-corrected chi connectivity index (χ1v) is 7.85. The lowest BCUT2D eigenvalue weighted by Crippen LogP contribution is -2.16. The summed E-state index contributed by atoms with van der Waals surface area (Å²) in [4.78, 5) is 17.5. The maximum Gasteiger partial charge on any atom is 0.274 e. The Morgan fingerprint density at radius 1 is 1.17 bits per heavy atom. The molecule has 3 rings (SSSR count). The normalized spacial score (nSPS) is 11.0. The Balaban J connectivity index is 2.05. The molecule has 0 saturated carbocycles.